The number of nitrogens with one attached hydrogen (secondary N) is 1. The molecule has 4 nitrogen and oxygen atoms in total. The fourth-order valence-corrected chi connectivity index (χ4v) is 3.29. The van der Waals surface area contributed by atoms with Crippen molar-refractivity contribution in [3.63, 3.8) is 0 Å². The van der Waals surface area contributed by atoms with Crippen molar-refractivity contribution < 1.29 is 4.79 Å². The van der Waals surface area contributed by atoms with E-state index in [0.717, 1.165) is 36.6 Å². The van der Waals surface area contributed by atoms with E-state index in [1.165, 1.54) is 0 Å². The molecule has 5 heteroatoms. The number of carbonyl (C=O) groups is 1. The molecule has 1 aliphatic rings. The molecule has 1 aromatic rings. The van der Waals surface area contributed by atoms with Gasteiger partial charge in [-0.1, -0.05) is 37.6 Å². The van der Waals surface area contributed by atoms with Crippen LogP contribution in [0.15, 0.2) is 24.3 Å². The van der Waals surface area contributed by atoms with Gasteiger partial charge < -0.3 is 15.1 Å². The zero-order valence-electron chi connectivity index (χ0n) is 14.6. The molecular weight excluding hydrogens is 310 g/mol. The van der Waals surface area contributed by atoms with Crippen LogP contribution in [-0.2, 0) is 5.41 Å². The third kappa shape index (κ3) is 5.11. The molecule has 2 amide bonds. The van der Waals surface area contributed by atoms with Crippen LogP contribution in [0.25, 0.3) is 0 Å². The number of urea groups is 1. The zero-order chi connectivity index (χ0) is 17.0. The highest BCUT2D eigenvalue weighted by atomic mass is 35.5. The molecule has 0 saturated carbocycles. The van der Waals surface area contributed by atoms with Gasteiger partial charge in [-0.3, -0.25) is 0 Å². The van der Waals surface area contributed by atoms with Crippen molar-refractivity contribution in [2.45, 2.75) is 25.7 Å². The van der Waals surface area contributed by atoms with Gasteiger partial charge in [0.05, 0.1) is 0 Å². The van der Waals surface area contributed by atoms with E-state index in [4.69, 9.17) is 11.6 Å². The van der Waals surface area contributed by atoms with Crippen molar-refractivity contribution >= 4 is 17.6 Å². The smallest absolute Gasteiger partial charge is 0.317 e. The largest absolute Gasteiger partial charge is 0.337 e. The third-order valence-electron chi connectivity index (χ3n) is 4.48. The number of halogens is 1. The number of hydrogen-bond acceptors (Lipinski definition) is 2. The maximum Gasteiger partial charge on any atom is 0.317 e. The Bertz CT molecular complexity index is 545. The van der Waals surface area contributed by atoms with Crippen LogP contribution in [0.5, 0.6) is 0 Å². The first-order chi connectivity index (χ1) is 10.8. The second kappa shape index (κ2) is 7.54. The van der Waals surface area contributed by atoms with E-state index in [0.29, 0.717) is 12.5 Å². The highest BCUT2D eigenvalue weighted by molar-refractivity contribution is 6.30. The predicted molar refractivity (Wildman–Crippen MR) is 96.1 cm³/mol. The Balaban J connectivity index is 1.87. The van der Waals surface area contributed by atoms with Gasteiger partial charge in [0.15, 0.2) is 0 Å². The van der Waals surface area contributed by atoms with Crippen LogP contribution in [0, 0.1) is 5.92 Å². The maximum atomic E-state index is 12.4. The zero-order valence-corrected chi connectivity index (χ0v) is 15.4. The van der Waals surface area contributed by atoms with Gasteiger partial charge in [-0.05, 0) is 44.1 Å². The molecule has 1 atom stereocenters. The van der Waals surface area contributed by atoms with Crippen LogP contribution in [-0.4, -0.2) is 56.1 Å². The number of likely N-dealkylation sites (tertiary alicyclic amines) is 1. The summed E-state index contributed by atoms with van der Waals surface area (Å²) in [5.41, 5.74) is 0.987. The number of hydrogen-bond donors (Lipinski definition) is 1. The molecule has 0 aliphatic carbocycles. The van der Waals surface area contributed by atoms with E-state index in [1.807, 2.05) is 23.1 Å². The highest BCUT2D eigenvalue weighted by Crippen LogP contribution is 2.25. The molecule has 0 unspecified atom stereocenters. The summed E-state index contributed by atoms with van der Waals surface area (Å²) in [6, 6.07) is 7.89. The quantitative estimate of drug-likeness (QED) is 0.895. The van der Waals surface area contributed by atoms with Crippen LogP contribution in [0.3, 0.4) is 0 Å². The monoisotopic (exact) mass is 337 g/mol. The van der Waals surface area contributed by atoms with Crippen LogP contribution in [0.1, 0.15) is 25.8 Å². The number of benzene rings is 1. The molecule has 0 aromatic heterocycles. The minimum atomic E-state index is -0.149. The standard InChI is InChI=1S/C18H28ClN3O/c1-18(2,15-6-5-7-16(19)10-15)13-20-17(23)22-9-8-14(12-22)11-21(3)4/h5-7,10,14H,8-9,11-13H2,1-4H3,(H,20,23)/t14-/m1/s1. The Kier molecular flexibility index (Phi) is 5.93. The second-order valence-corrected chi connectivity index (χ2v) is 7.85. The minimum Gasteiger partial charge on any atom is -0.337 e. The SMILES string of the molecule is CN(C)C[C@H]1CCN(C(=O)NCC(C)(C)c2cccc(Cl)c2)C1. The summed E-state index contributed by atoms with van der Waals surface area (Å²) in [5, 5.41) is 3.82. The predicted octanol–water partition coefficient (Wildman–Crippen LogP) is 3.21. The first-order valence-corrected chi connectivity index (χ1v) is 8.59. The molecule has 1 fully saturated rings. The first kappa shape index (κ1) is 18.1. The second-order valence-electron chi connectivity index (χ2n) is 7.42. The molecule has 1 aliphatic heterocycles. The van der Waals surface area contributed by atoms with E-state index >= 15 is 0 Å². The van der Waals surface area contributed by atoms with Gasteiger partial charge in [0.2, 0.25) is 0 Å². The molecule has 0 spiro atoms. The fourth-order valence-electron chi connectivity index (χ4n) is 3.10. The van der Waals surface area contributed by atoms with Gasteiger partial charge in [-0.2, -0.15) is 0 Å². The van der Waals surface area contributed by atoms with Crippen molar-refractivity contribution in [1.29, 1.82) is 0 Å². The molecule has 0 bridgehead atoms. The van der Waals surface area contributed by atoms with Crippen LogP contribution in [0.2, 0.25) is 5.02 Å². The number of rotatable bonds is 5. The molecule has 1 heterocycles. The van der Waals surface area contributed by atoms with Gasteiger partial charge in [0.25, 0.3) is 0 Å². The molecule has 23 heavy (non-hydrogen) atoms. The van der Waals surface area contributed by atoms with Gasteiger partial charge >= 0.3 is 6.03 Å². The van der Waals surface area contributed by atoms with Gasteiger partial charge in [0, 0.05) is 36.6 Å². The summed E-state index contributed by atoms with van der Waals surface area (Å²) < 4.78 is 0. The molecule has 1 N–H and O–H groups in total. The molecule has 128 valence electrons. The van der Waals surface area contributed by atoms with Crippen molar-refractivity contribution in [2.75, 3.05) is 40.3 Å². The molecule has 2 rings (SSSR count). The summed E-state index contributed by atoms with van der Waals surface area (Å²) in [4.78, 5) is 16.5. The van der Waals surface area contributed by atoms with Crippen LogP contribution < -0.4 is 5.32 Å². The number of amides is 2. The average molecular weight is 338 g/mol. The van der Waals surface area contributed by atoms with E-state index in [9.17, 15) is 4.79 Å². The highest BCUT2D eigenvalue weighted by Gasteiger charge is 2.28. The van der Waals surface area contributed by atoms with Crippen molar-refractivity contribution in [1.82, 2.24) is 15.1 Å². The minimum absolute atomic E-state index is 0.0429. The summed E-state index contributed by atoms with van der Waals surface area (Å²) in [5.74, 6) is 0.580. The summed E-state index contributed by atoms with van der Waals surface area (Å²) in [6.45, 7) is 7.58. The van der Waals surface area contributed by atoms with Crippen molar-refractivity contribution in [2.24, 2.45) is 5.92 Å². The van der Waals surface area contributed by atoms with E-state index < -0.39 is 0 Å². The summed E-state index contributed by atoms with van der Waals surface area (Å²) in [7, 11) is 4.16. The molecule has 0 radical (unpaired) electrons. The maximum absolute atomic E-state index is 12.4. The van der Waals surface area contributed by atoms with E-state index in [1.54, 1.807) is 0 Å². The normalized spacial score (nSPS) is 18.5. The Hall–Kier alpha value is -1.26. The topological polar surface area (TPSA) is 35.6 Å². The first-order valence-electron chi connectivity index (χ1n) is 8.21. The Morgan fingerprint density at radius 1 is 1.43 bits per heavy atom. The van der Waals surface area contributed by atoms with Crippen molar-refractivity contribution in [3.05, 3.63) is 34.9 Å². The lowest BCUT2D eigenvalue weighted by atomic mass is 9.84. The number of nitrogens with zero attached hydrogens (tertiary/aromatic N) is 2. The average Bonchev–Trinajstić information content (AvgIpc) is 2.92. The lowest BCUT2D eigenvalue weighted by molar-refractivity contribution is 0.203. The fraction of sp³-hybridized carbons (Fsp3) is 0.611. The summed E-state index contributed by atoms with van der Waals surface area (Å²) in [6.07, 6.45) is 1.09. The van der Waals surface area contributed by atoms with Crippen LogP contribution in [0.4, 0.5) is 4.79 Å². The van der Waals surface area contributed by atoms with Gasteiger partial charge in [-0.25, -0.2) is 4.79 Å². The molecule has 1 saturated heterocycles. The van der Waals surface area contributed by atoms with Crippen LogP contribution >= 0.6 is 11.6 Å². The molecular formula is C18H28ClN3O. The van der Waals surface area contributed by atoms with Gasteiger partial charge in [-0.15, -0.1) is 0 Å². The lowest BCUT2D eigenvalue weighted by Crippen LogP contribution is -2.44. The lowest BCUT2D eigenvalue weighted by Gasteiger charge is -2.27. The van der Waals surface area contributed by atoms with Gasteiger partial charge in [0.1, 0.15) is 0 Å². The number of carbonyl (C=O) groups excluding carboxylic acids is 1. The molecule has 1 aromatic carbocycles. The van der Waals surface area contributed by atoms with E-state index in [2.05, 4.69) is 44.2 Å². The summed E-state index contributed by atoms with van der Waals surface area (Å²) >= 11 is 6.08. The van der Waals surface area contributed by atoms with E-state index in [-0.39, 0.29) is 11.4 Å². The van der Waals surface area contributed by atoms with Crippen molar-refractivity contribution in [3.8, 4) is 0 Å². The Morgan fingerprint density at radius 2 is 2.17 bits per heavy atom. The Labute approximate surface area is 144 Å². The Morgan fingerprint density at radius 3 is 2.83 bits per heavy atom. The third-order valence-corrected chi connectivity index (χ3v) is 4.72.